The van der Waals surface area contributed by atoms with Crippen LogP contribution in [0.2, 0.25) is 0 Å². The number of hydrogen-bond acceptors (Lipinski definition) is 6. The predicted octanol–water partition coefficient (Wildman–Crippen LogP) is 1.32. The smallest absolute Gasteiger partial charge is 0.362 e. The topological polar surface area (TPSA) is 104 Å². The molecule has 0 bridgehead atoms. The van der Waals surface area contributed by atoms with E-state index in [-0.39, 0.29) is 18.0 Å². The van der Waals surface area contributed by atoms with Crippen LogP contribution in [0.15, 0.2) is 41.3 Å². The van der Waals surface area contributed by atoms with Crippen LogP contribution >= 0.6 is 0 Å². The highest BCUT2D eigenvalue weighted by Crippen LogP contribution is 2.20. The highest BCUT2D eigenvalue weighted by Gasteiger charge is 2.18. The lowest BCUT2D eigenvalue weighted by molar-refractivity contribution is -0.384. The van der Waals surface area contributed by atoms with Gasteiger partial charge in [-0.1, -0.05) is 12.1 Å². The van der Waals surface area contributed by atoms with E-state index in [0.717, 1.165) is 10.7 Å². The number of para-hydroxylation sites is 2. The summed E-state index contributed by atoms with van der Waals surface area (Å²) in [6.45, 7) is 1.70. The molecule has 0 saturated heterocycles. The van der Waals surface area contributed by atoms with Crippen LogP contribution in [0.3, 0.4) is 0 Å². The SMILES string of the molecule is CCOC(=O)c1nn(-c2ccccc2[N+](=O)[O-])ccc1=O. The van der Waals surface area contributed by atoms with E-state index < -0.39 is 22.0 Å². The first-order chi connectivity index (χ1) is 10.0. The van der Waals surface area contributed by atoms with E-state index in [2.05, 4.69) is 5.10 Å². The Bertz CT molecular complexity index is 753. The fraction of sp³-hybridized carbons (Fsp3) is 0.154. The second-order valence-corrected chi connectivity index (χ2v) is 3.94. The molecule has 21 heavy (non-hydrogen) atoms. The summed E-state index contributed by atoms with van der Waals surface area (Å²) in [6.07, 6.45) is 1.26. The molecule has 0 saturated carbocycles. The van der Waals surface area contributed by atoms with E-state index in [4.69, 9.17) is 4.74 Å². The summed E-state index contributed by atoms with van der Waals surface area (Å²) >= 11 is 0. The van der Waals surface area contributed by atoms with Crippen LogP contribution in [0.25, 0.3) is 5.69 Å². The minimum absolute atomic E-state index is 0.0976. The number of ether oxygens (including phenoxy) is 1. The van der Waals surface area contributed by atoms with Crippen molar-refractivity contribution >= 4 is 11.7 Å². The first-order valence-corrected chi connectivity index (χ1v) is 6.05. The number of aromatic nitrogens is 2. The Morgan fingerprint density at radius 2 is 2.10 bits per heavy atom. The van der Waals surface area contributed by atoms with Gasteiger partial charge in [0.05, 0.1) is 11.5 Å². The maximum Gasteiger partial charge on any atom is 0.362 e. The van der Waals surface area contributed by atoms with E-state index in [1.165, 1.54) is 24.4 Å². The van der Waals surface area contributed by atoms with E-state index in [0.29, 0.717) is 0 Å². The molecule has 1 heterocycles. The van der Waals surface area contributed by atoms with Crippen molar-refractivity contribution < 1.29 is 14.5 Å². The summed E-state index contributed by atoms with van der Waals surface area (Å²) in [5, 5.41) is 14.8. The predicted molar refractivity (Wildman–Crippen MR) is 72.4 cm³/mol. The van der Waals surface area contributed by atoms with E-state index in [1.807, 2.05) is 0 Å². The Labute approximate surface area is 118 Å². The zero-order chi connectivity index (χ0) is 15.4. The third kappa shape index (κ3) is 2.94. The molecule has 0 aliphatic rings. The number of hydrogen-bond donors (Lipinski definition) is 0. The molecule has 0 aliphatic carbocycles. The Balaban J connectivity index is 2.56. The summed E-state index contributed by atoms with van der Waals surface area (Å²) in [4.78, 5) is 33.7. The van der Waals surface area contributed by atoms with Crippen molar-refractivity contribution in [3.8, 4) is 5.69 Å². The van der Waals surface area contributed by atoms with Gasteiger partial charge in [0.1, 0.15) is 5.69 Å². The number of nitro groups is 1. The fourth-order valence-electron chi connectivity index (χ4n) is 1.69. The van der Waals surface area contributed by atoms with Gasteiger partial charge in [-0.3, -0.25) is 14.9 Å². The average molecular weight is 289 g/mol. The fourth-order valence-corrected chi connectivity index (χ4v) is 1.69. The van der Waals surface area contributed by atoms with Gasteiger partial charge in [-0.15, -0.1) is 0 Å². The normalized spacial score (nSPS) is 10.1. The van der Waals surface area contributed by atoms with Crippen molar-refractivity contribution in [3.63, 3.8) is 0 Å². The molecule has 0 spiro atoms. The molecular formula is C13H11N3O5. The second-order valence-electron chi connectivity index (χ2n) is 3.94. The number of nitrogens with zero attached hydrogens (tertiary/aromatic N) is 3. The molecule has 0 N–H and O–H groups in total. The van der Waals surface area contributed by atoms with Gasteiger partial charge in [0.15, 0.2) is 0 Å². The van der Waals surface area contributed by atoms with Crippen LogP contribution in [-0.4, -0.2) is 27.3 Å². The van der Waals surface area contributed by atoms with Gasteiger partial charge in [0.2, 0.25) is 11.1 Å². The molecule has 1 aromatic heterocycles. The Morgan fingerprint density at radius 1 is 1.38 bits per heavy atom. The lowest BCUT2D eigenvalue weighted by Gasteiger charge is -2.07. The van der Waals surface area contributed by atoms with Gasteiger partial charge in [0.25, 0.3) is 5.69 Å². The van der Waals surface area contributed by atoms with Crippen LogP contribution in [0.4, 0.5) is 5.69 Å². The molecule has 8 nitrogen and oxygen atoms in total. The first-order valence-electron chi connectivity index (χ1n) is 6.05. The van der Waals surface area contributed by atoms with Crippen molar-refractivity contribution in [2.45, 2.75) is 6.92 Å². The quantitative estimate of drug-likeness (QED) is 0.477. The van der Waals surface area contributed by atoms with Gasteiger partial charge in [0, 0.05) is 18.3 Å². The lowest BCUT2D eigenvalue weighted by Crippen LogP contribution is -2.22. The molecule has 1 aromatic carbocycles. The Morgan fingerprint density at radius 3 is 2.76 bits per heavy atom. The summed E-state index contributed by atoms with van der Waals surface area (Å²) in [7, 11) is 0. The zero-order valence-electron chi connectivity index (χ0n) is 11.1. The molecule has 8 heteroatoms. The van der Waals surface area contributed by atoms with E-state index in [9.17, 15) is 19.7 Å². The largest absolute Gasteiger partial charge is 0.461 e. The molecular weight excluding hydrogens is 278 g/mol. The van der Waals surface area contributed by atoms with Crippen molar-refractivity contribution in [2.24, 2.45) is 0 Å². The van der Waals surface area contributed by atoms with Gasteiger partial charge < -0.3 is 4.74 Å². The number of esters is 1. The van der Waals surface area contributed by atoms with Crippen LogP contribution in [-0.2, 0) is 4.74 Å². The van der Waals surface area contributed by atoms with Crippen LogP contribution in [0.1, 0.15) is 17.4 Å². The molecule has 2 rings (SSSR count). The molecule has 0 fully saturated rings. The number of carbonyl (C=O) groups is 1. The zero-order valence-corrected chi connectivity index (χ0v) is 11.1. The molecule has 0 unspecified atom stereocenters. The Hall–Kier alpha value is -3.03. The number of carbonyl (C=O) groups excluding carboxylic acids is 1. The van der Waals surface area contributed by atoms with Gasteiger partial charge in [-0.05, 0) is 13.0 Å². The summed E-state index contributed by atoms with van der Waals surface area (Å²) < 4.78 is 5.83. The average Bonchev–Trinajstić information content (AvgIpc) is 2.48. The van der Waals surface area contributed by atoms with Crippen molar-refractivity contribution in [1.82, 2.24) is 9.78 Å². The molecule has 0 radical (unpaired) electrons. The minimum atomic E-state index is -0.865. The van der Waals surface area contributed by atoms with Crippen LogP contribution < -0.4 is 5.43 Å². The lowest BCUT2D eigenvalue weighted by atomic mass is 10.2. The molecule has 108 valence electrons. The highest BCUT2D eigenvalue weighted by atomic mass is 16.6. The van der Waals surface area contributed by atoms with Gasteiger partial charge in [-0.2, -0.15) is 5.10 Å². The van der Waals surface area contributed by atoms with Gasteiger partial charge >= 0.3 is 5.97 Å². The summed E-state index contributed by atoms with van der Waals surface area (Å²) in [5.41, 5.74) is -1.07. The van der Waals surface area contributed by atoms with Crippen LogP contribution in [0, 0.1) is 10.1 Å². The molecule has 2 aromatic rings. The number of nitro benzene ring substituents is 1. The van der Waals surface area contributed by atoms with Crippen molar-refractivity contribution in [1.29, 1.82) is 0 Å². The van der Waals surface area contributed by atoms with E-state index >= 15 is 0 Å². The Kier molecular flexibility index (Phi) is 4.07. The third-order valence-corrected chi connectivity index (χ3v) is 2.60. The first kappa shape index (κ1) is 14.4. The third-order valence-electron chi connectivity index (χ3n) is 2.60. The van der Waals surface area contributed by atoms with E-state index in [1.54, 1.807) is 13.0 Å². The van der Waals surface area contributed by atoms with Crippen molar-refractivity contribution in [3.05, 3.63) is 62.6 Å². The summed E-state index contributed by atoms with van der Waals surface area (Å²) in [5.74, 6) is -0.865. The molecule has 0 atom stereocenters. The standard InChI is InChI=1S/C13H11N3O5/c1-2-21-13(18)12-11(17)7-8-15(14-12)9-5-3-4-6-10(9)16(19)20/h3-8H,2H2,1H3. The number of rotatable bonds is 4. The van der Waals surface area contributed by atoms with Gasteiger partial charge in [-0.25, -0.2) is 9.48 Å². The summed E-state index contributed by atoms with van der Waals surface area (Å²) in [6, 6.07) is 6.97. The maximum atomic E-state index is 11.6. The molecule has 0 amide bonds. The maximum absolute atomic E-state index is 11.6. The monoisotopic (exact) mass is 289 g/mol. The van der Waals surface area contributed by atoms with Crippen LogP contribution in [0.5, 0.6) is 0 Å². The van der Waals surface area contributed by atoms with Crippen molar-refractivity contribution in [2.75, 3.05) is 6.61 Å². The molecule has 0 aliphatic heterocycles. The minimum Gasteiger partial charge on any atom is -0.461 e. The highest BCUT2D eigenvalue weighted by molar-refractivity contribution is 5.86. The second kappa shape index (κ2) is 5.95. The number of benzene rings is 1.